The van der Waals surface area contributed by atoms with Crippen molar-refractivity contribution in [1.29, 1.82) is 0 Å². The Morgan fingerprint density at radius 3 is 2.28 bits per heavy atom. The summed E-state index contributed by atoms with van der Waals surface area (Å²) in [6.07, 6.45) is 3.72. The minimum absolute atomic E-state index is 0.00775. The van der Waals surface area contributed by atoms with Crippen molar-refractivity contribution < 1.29 is 14.3 Å². The molecule has 2 heterocycles. The van der Waals surface area contributed by atoms with E-state index in [0.717, 1.165) is 24.8 Å². The second-order valence-electron chi connectivity index (χ2n) is 5.90. The number of anilines is 1. The molecule has 0 atom stereocenters. The summed E-state index contributed by atoms with van der Waals surface area (Å²) in [5, 5.41) is 0. The lowest BCUT2D eigenvalue weighted by molar-refractivity contribution is -0.133. The Morgan fingerprint density at radius 1 is 1.08 bits per heavy atom. The van der Waals surface area contributed by atoms with Crippen molar-refractivity contribution >= 4 is 11.9 Å². The molecule has 1 aliphatic rings. The molecular formula is C18H24N4O3. The maximum Gasteiger partial charge on any atom is 0.260 e. The maximum atomic E-state index is 12.3. The number of aryl methyl sites for hydroxylation is 1. The quantitative estimate of drug-likeness (QED) is 0.796. The topological polar surface area (TPSA) is 59.8 Å². The van der Waals surface area contributed by atoms with E-state index in [1.807, 2.05) is 53.9 Å². The van der Waals surface area contributed by atoms with Crippen molar-refractivity contribution in [3.05, 3.63) is 36.7 Å². The Hall–Kier alpha value is -2.70. The molecule has 134 valence electrons. The van der Waals surface area contributed by atoms with Crippen molar-refractivity contribution in [2.45, 2.75) is 6.92 Å². The van der Waals surface area contributed by atoms with Gasteiger partial charge in [0.15, 0.2) is 6.61 Å². The third-order valence-corrected chi connectivity index (χ3v) is 4.21. The first-order chi connectivity index (χ1) is 12.2. The molecule has 1 aromatic carbocycles. The van der Waals surface area contributed by atoms with Gasteiger partial charge in [0.05, 0.1) is 6.61 Å². The predicted octanol–water partition coefficient (Wildman–Crippen LogP) is 1.55. The van der Waals surface area contributed by atoms with Crippen LogP contribution in [0.2, 0.25) is 0 Å². The molecule has 0 bridgehead atoms. The average Bonchev–Trinajstić information content (AvgIpc) is 3.07. The highest BCUT2D eigenvalue weighted by molar-refractivity contribution is 5.78. The van der Waals surface area contributed by atoms with E-state index in [4.69, 9.17) is 9.47 Å². The number of nitrogens with zero attached hydrogens (tertiary/aromatic N) is 4. The zero-order chi connectivity index (χ0) is 17.6. The summed E-state index contributed by atoms with van der Waals surface area (Å²) in [7, 11) is 1.98. The molecular weight excluding hydrogens is 320 g/mol. The number of benzene rings is 1. The number of piperazine rings is 1. The molecule has 0 N–H and O–H groups in total. The predicted molar refractivity (Wildman–Crippen MR) is 95.1 cm³/mol. The summed E-state index contributed by atoms with van der Waals surface area (Å²) in [5.74, 6) is 2.42. The lowest BCUT2D eigenvalue weighted by Gasteiger charge is -2.35. The first kappa shape index (κ1) is 17.1. The van der Waals surface area contributed by atoms with Crippen LogP contribution >= 0.6 is 0 Å². The molecule has 0 radical (unpaired) electrons. The van der Waals surface area contributed by atoms with Gasteiger partial charge in [0.25, 0.3) is 5.91 Å². The van der Waals surface area contributed by atoms with E-state index < -0.39 is 0 Å². The first-order valence-electron chi connectivity index (χ1n) is 8.53. The lowest BCUT2D eigenvalue weighted by Crippen LogP contribution is -2.50. The largest absolute Gasteiger partial charge is 0.494 e. The molecule has 1 fully saturated rings. The van der Waals surface area contributed by atoms with Gasteiger partial charge in [0.2, 0.25) is 5.95 Å². The van der Waals surface area contributed by atoms with Gasteiger partial charge >= 0.3 is 0 Å². The Balaban J connectivity index is 1.45. The highest BCUT2D eigenvalue weighted by Gasteiger charge is 2.23. The van der Waals surface area contributed by atoms with Crippen molar-refractivity contribution in [3.8, 4) is 11.5 Å². The number of imidazole rings is 1. The molecule has 7 heteroatoms. The van der Waals surface area contributed by atoms with Crippen LogP contribution in [0.25, 0.3) is 0 Å². The zero-order valence-electron chi connectivity index (χ0n) is 14.7. The summed E-state index contributed by atoms with van der Waals surface area (Å²) in [6, 6.07) is 7.32. The Bertz CT molecular complexity index is 691. The molecule has 1 aliphatic heterocycles. The SMILES string of the molecule is CCOc1ccc(OCC(=O)N2CCN(c3nccn3C)CC2)cc1. The third-order valence-electron chi connectivity index (χ3n) is 4.21. The zero-order valence-corrected chi connectivity index (χ0v) is 14.7. The van der Waals surface area contributed by atoms with Crippen molar-refractivity contribution in [1.82, 2.24) is 14.5 Å². The van der Waals surface area contributed by atoms with Crippen LogP contribution in [0.5, 0.6) is 11.5 Å². The number of hydrogen-bond acceptors (Lipinski definition) is 5. The van der Waals surface area contributed by atoms with Gasteiger partial charge in [-0.3, -0.25) is 4.79 Å². The number of carbonyl (C=O) groups is 1. The summed E-state index contributed by atoms with van der Waals surface area (Å²) < 4.78 is 13.0. The molecule has 1 saturated heterocycles. The third kappa shape index (κ3) is 4.23. The molecule has 0 spiro atoms. The van der Waals surface area contributed by atoms with Crippen LogP contribution in [0.1, 0.15) is 6.92 Å². The molecule has 1 amide bonds. The van der Waals surface area contributed by atoms with Crippen LogP contribution in [-0.4, -0.2) is 59.8 Å². The first-order valence-corrected chi connectivity index (χ1v) is 8.53. The number of rotatable bonds is 6. The fourth-order valence-corrected chi connectivity index (χ4v) is 2.85. The second-order valence-corrected chi connectivity index (χ2v) is 5.90. The van der Waals surface area contributed by atoms with Gasteiger partial charge in [-0.1, -0.05) is 0 Å². The van der Waals surface area contributed by atoms with Crippen LogP contribution in [0.3, 0.4) is 0 Å². The van der Waals surface area contributed by atoms with Gasteiger partial charge in [-0.25, -0.2) is 4.98 Å². The molecule has 0 aliphatic carbocycles. The molecule has 1 aromatic heterocycles. The summed E-state index contributed by atoms with van der Waals surface area (Å²) in [5.41, 5.74) is 0. The number of aromatic nitrogens is 2. The fraction of sp³-hybridized carbons (Fsp3) is 0.444. The van der Waals surface area contributed by atoms with Crippen LogP contribution in [0, 0.1) is 0 Å². The number of hydrogen-bond donors (Lipinski definition) is 0. The monoisotopic (exact) mass is 344 g/mol. The standard InChI is InChI=1S/C18H24N4O3/c1-3-24-15-4-6-16(7-5-15)25-14-17(23)21-10-12-22(13-11-21)18-19-8-9-20(18)2/h4-9H,3,10-14H2,1-2H3. The Labute approximate surface area is 147 Å². The van der Waals surface area contributed by atoms with Gasteiger partial charge < -0.3 is 23.8 Å². The van der Waals surface area contributed by atoms with E-state index in [2.05, 4.69) is 9.88 Å². The average molecular weight is 344 g/mol. The van der Waals surface area contributed by atoms with Crippen LogP contribution in [0.4, 0.5) is 5.95 Å². The smallest absolute Gasteiger partial charge is 0.260 e. The molecule has 3 rings (SSSR count). The van der Waals surface area contributed by atoms with Crippen molar-refractivity contribution in [2.24, 2.45) is 7.05 Å². The van der Waals surface area contributed by atoms with Gasteiger partial charge in [-0.05, 0) is 31.2 Å². The molecule has 25 heavy (non-hydrogen) atoms. The minimum Gasteiger partial charge on any atom is -0.494 e. The van der Waals surface area contributed by atoms with Crippen molar-refractivity contribution in [2.75, 3.05) is 44.3 Å². The summed E-state index contributed by atoms with van der Waals surface area (Å²) >= 11 is 0. The van der Waals surface area contributed by atoms with E-state index in [1.54, 1.807) is 6.20 Å². The number of carbonyl (C=O) groups excluding carboxylic acids is 1. The normalized spacial score (nSPS) is 14.5. The van der Waals surface area contributed by atoms with E-state index in [9.17, 15) is 4.79 Å². The Morgan fingerprint density at radius 2 is 1.72 bits per heavy atom. The Kier molecular flexibility index (Phi) is 5.42. The van der Waals surface area contributed by atoms with E-state index in [0.29, 0.717) is 25.4 Å². The molecule has 2 aromatic rings. The maximum absolute atomic E-state index is 12.3. The second kappa shape index (κ2) is 7.92. The highest BCUT2D eigenvalue weighted by atomic mass is 16.5. The van der Waals surface area contributed by atoms with Crippen LogP contribution in [0.15, 0.2) is 36.7 Å². The van der Waals surface area contributed by atoms with Gasteiger partial charge in [0, 0.05) is 45.6 Å². The van der Waals surface area contributed by atoms with Crippen LogP contribution < -0.4 is 14.4 Å². The van der Waals surface area contributed by atoms with E-state index in [-0.39, 0.29) is 12.5 Å². The highest BCUT2D eigenvalue weighted by Crippen LogP contribution is 2.18. The molecule has 7 nitrogen and oxygen atoms in total. The van der Waals surface area contributed by atoms with E-state index in [1.165, 1.54) is 0 Å². The number of ether oxygens (including phenoxy) is 2. The molecule has 0 unspecified atom stereocenters. The minimum atomic E-state index is 0.00775. The van der Waals surface area contributed by atoms with Crippen LogP contribution in [-0.2, 0) is 11.8 Å². The number of amides is 1. The van der Waals surface area contributed by atoms with Gasteiger partial charge in [-0.2, -0.15) is 0 Å². The summed E-state index contributed by atoms with van der Waals surface area (Å²) in [4.78, 5) is 20.7. The van der Waals surface area contributed by atoms with Gasteiger partial charge in [0.1, 0.15) is 11.5 Å². The fourth-order valence-electron chi connectivity index (χ4n) is 2.85. The molecule has 0 saturated carbocycles. The lowest BCUT2D eigenvalue weighted by atomic mass is 10.3. The van der Waals surface area contributed by atoms with E-state index >= 15 is 0 Å². The summed E-state index contributed by atoms with van der Waals surface area (Å²) in [6.45, 7) is 5.53. The van der Waals surface area contributed by atoms with Crippen molar-refractivity contribution in [3.63, 3.8) is 0 Å². The van der Waals surface area contributed by atoms with Gasteiger partial charge in [-0.15, -0.1) is 0 Å².